The van der Waals surface area contributed by atoms with E-state index in [0.29, 0.717) is 29.9 Å². The first-order valence-corrected chi connectivity index (χ1v) is 10.1. The highest BCUT2D eigenvalue weighted by atomic mass is 19.1. The predicted molar refractivity (Wildman–Crippen MR) is 119 cm³/mol. The number of hydrogen-bond acceptors (Lipinski definition) is 6. The van der Waals surface area contributed by atoms with Gasteiger partial charge >= 0.3 is 0 Å². The fraction of sp³-hybridized carbons (Fsp3) is 0.250. The van der Waals surface area contributed by atoms with Gasteiger partial charge in [-0.25, -0.2) is 18.8 Å². The minimum atomic E-state index is -1.07. The summed E-state index contributed by atoms with van der Waals surface area (Å²) in [7, 11) is 3.12. The average Bonchev–Trinajstić information content (AvgIpc) is 2.77. The van der Waals surface area contributed by atoms with E-state index in [9.17, 15) is 8.78 Å². The molecule has 166 valence electrons. The van der Waals surface area contributed by atoms with Crippen LogP contribution in [0.1, 0.15) is 11.1 Å². The normalized spacial score (nSPS) is 22.7. The van der Waals surface area contributed by atoms with Gasteiger partial charge in [-0.05, 0) is 47.4 Å². The van der Waals surface area contributed by atoms with E-state index < -0.39 is 11.9 Å². The lowest BCUT2D eigenvalue weighted by Gasteiger charge is -2.41. The molecule has 8 heteroatoms. The molecule has 2 aliphatic rings. The topological polar surface area (TPSA) is 95.2 Å². The Morgan fingerprint density at radius 1 is 0.938 bits per heavy atom. The third-order valence-corrected chi connectivity index (χ3v) is 5.74. The molecule has 0 spiro atoms. The maximum atomic E-state index is 13.5. The quantitative estimate of drug-likeness (QED) is 0.725. The summed E-state index contributed by atoms with van der Waals surface area (Å²) in [6, 6.07) is 12.4. The molecule has 6 nitrogen and oxygen atoms in total. The van der Waals surface area contributed by atoms with Gasteiger partial charge in [0.1, 0.15) is 23.2 Å². The fourth-order valence-corrected chi connectivity index (χ4v) is 4.23. The Labute approximate surface area is 185 Å². The van der Waals surface area contributed by atoms with E-state index in [1.165, 1.54) is 24.3 Å². The summed E-state index contributed by atoms with van der Waals surface area (Å²) in [4.78, 5) is 8.66. The van der Waals surface area contributed by atoms with Crippen molar-refractivity contribution in [3.05, 3.63) is 94.3 Å². The zero-order valence-corrected chi connectivity index (χ0v) is 17.8. The lowest BCUT2D eigenvalue weighted by Crippen LogP contribution is -2.47. The van der Waals surface area contributed by atoms with Gasteiger partial charge in [-0.1, -0.05) is 24.3 Å². The zero-order valence-electron chi connectivity index (χ0n) is 17.8. The number of aliphatic imine (C=N–C) groups is 2. The Kier molecular flexibility index (Phi) is 5.90. The summed E-state index contributed by atoms with van der Waals surface area (Å²) in [5.74, 6) is 0.0875. The molecule has 2 aromatic carbocycles. The van der Waals surface area contributed by atoms with E-state index >= 15 is 0 Å². The van der Waals surface area contributed by atoms with Crippen molar-refractivity contribution >= 4 is 11.5 Å². The van der Waals surface area contributed by atoms with E-state index in [2.05, 4.69) is 9.98 Å². The summed E-state index contributed by atoms with van der Waals surface area (Å²) in [6.07, 6.45) is 1.64. The van der Waals surface area contributed by atoms with Gasteiger partial charge in [0.15, 0.2) is 11.9 Å². The molecule has 0 saturated heterocycles. The maximum Gasteiger partial charge on any atom is 0.194 e. The largest absolute Gasteiger partial charge is 0.498 e. The SMILES string of the molecule is COC1=CC2=NC(N)N=C(N)C2=C(Cc2ccc(F)cc2)C1(Cc1ccc(F)cc1)OC. The van der Waals surface area contributed by atoms with Gasteiger partial charge in [0.25, 0.3) is 0 Å². The lowest BCUT2D eigenvalue weighted by molar-refractivity contribution is 0.00698. The molecule has 0 fully saturated rings. The van der Waals surface area contributed by atoms with Gasteiger partial charge in [-0.15, -0.1) is 0 Å². The molecule has 4 rings (SSSR count). The second-order valence-electron chi connectivity index (χ2n) is 7.65. The van der Waals surface area contributed by atoms with E-state index in [1.807, 2.05) is 0 Å². The number of allylic oxidation sites excluding steroid dienone is 1. The molecule has 1 heterocycles. The summed E-state index contributed by atoms with van der Waals surface area (Å²) in [5.41, 5.74) is 14.7. The highest BCUT2D eigenvalue weighted by molar-refractivity contribution is 6.29. The van der Waals surface area contributed by atoms with E-state index in [4.69, 9.17) is 20.9 Å². The highest BCUT2D eigenvalue weighted by Gasteiger charge is 2.46. The average molecular weight is 438 g/mol. The molecular formula is C24H24F2N4O2. The van der Waals surface area contributed by atoms with Gasteiger partial charge in [0.05, 0.1) is 12.8 Å². The van der Waals surface area contributed by atoms with Crippen molar-refractivity contribution in [1.82, 2.24) is 0 Å². The zero-order chi connectivity index (χ0) is 22.9. The van der Waals surface area contributed by atoms with Crippen LogP contribution in [0.4, 0.5) is 8.78 Å². The smallest absolute Gasteiger partial charge is 0.194 e. The van der Waals surface area contributed by atoms with Gasteiger partial charge in [-0.3, -0.25) is 5.73 Å². The molecule has 1 aliphatic heterocycles. The Morgan fingerprint density at radius 2 is 1.53 bits per heavy atom. The summed E-state index contributed by atoms with van der Waals surface area (Å²) in [5, 5.41) is 0. The van der Waals surface area contributed by atoms with Crippen molar-refractivity contribution in [2.45, 2.75) is 24.7 Å². The summed E-state index contributed by atoms with van der Waals surface area (Å²) in [6.45, 7) is 0. The first-order chi connectivity index (χ1) is 15.4. The van der Waals surface area contributed by atoms with Gasteiger partial charge in [0, 0.05) is 25.2 Å². The maximum absolute atomic E-state index is 13.5. The van der Waals surface area contributed by atoms with E-state index in [1.54, 1.807) is 44.6 Å². The molecule has 4 N–H and O–H groups in total. The molecule has 2 unspecified atom stereocenters. The molecule has 32 heavy (non-hydrogen) atoms. The van der Waals surface area contributed by atoms with Crippen LogP contribution >= 0.6 is 0 Å². The molecule has 0 amide bonds. The second-order valence-corrected chi connectivity index (χ2v) is 7.65. The second kappa shape index (κ2) is 8.64. The number of amidine groups is 1. The number of nitrogens with zero attached hydrogens (tertiary/aromatic N) is 2. The van der Waals surface area contributed by atoms with E-state index in [0.717, 1.165) is 16.7 Å². The third-order valence-electron chi connectivity index (χ3n) is 5.74. The molecule has 0 saturated carbocycles. The van der Waals surface area contributed by atoms with Crippen LogP contribution in [0.25, 0.3) is 0 Å². The molecule has 0 radical (unpaired) electrons. The third kappa shape index (κ3) is 3.94. The van der Waals surface area contributed by atoms with Crippen molar-refractivity contribution in [3.8, 4) is 0 Å². The summed E-state index contributed by atoms with van der Waals surface area (Å²) < 4.78 is 38.9. The number of halogens is 2. The monoisotopic (exact) mass is 438 g/mol. The minimum Gasteiger partial charge on any atom is -0.498 e. The van der Waals surface area contributed by atoms with Crippen molar-refractivity contribution < 1.29 is 18.3 Å². The van der Waals surface area contributed by atoms with Crippen LogP contribution < -0.4 is 11.5 Å². The van der Waals surface area contributed by atoms with E-state index in [-0.39, 0.29) is 17.5 Å². The fourth-order valence-electron chi connectivity index (χ4n) is 4.23. The van der Waals surface area contributed by atoms with Crippen molar-refractivity contribution in [1.29, 1.82) is 0 Å². The lowest BCUT2D eigenvalue weighted by atomic mass is 9.74. The predicted octanol–water partition coefficient (Wildman–Crippen LogP) is 3.03. The Hall–Kier alpha value is -3.36. The molecule has 0 aromatic heterocycles. The Bertz CT molecular complexity index is 1140. The van der Waals surface area contributed by atoms with Gasteiger partial charge < -0.3 is 15.2 Å². The molecule has 2 atom stereocenters. The standard InChI is InChI=1S/C24H24F2N4O2/c1-31-20-12-19-21(22(27)30-23(28)29-19)18(11-14-3-7-16(25)8-4-14)24(20,32-2)13-15-5-9-17(26)10-6-15/h3-10,12,23H,11,13,28H2,1-2H3,(H2,27,30). The van der Waals surface area contributed by atoms with Crippen molar-refractivity contribution in [2.24, 2.45) is 21.5 Å². The van der Waals surface area contributed by atoms with Crippen LogP contribution in [-0.2, 0) is 22.3 Å². The van der Waals surface area contributed by atoms with Crippen LogP contribution in [0, 0.1) is 11.6 Å². The van der Waals surface area contributed by atoms with Gasteiger partial charge in [0.2, 0.25) is 0 Å². The molecule has 1 aliphatic carbocycles. The number of methoxy groups -OCH3 is 2. The van der Waals surface area contributed by atoms with Crippen molar-refractivity contribution in [3.63, 3.8) is 0 Å². The number of ether oxygens (including phenoxy) is 2. The first kappa shape index (κ1) is 21.9. The highest BCUT2D eigenvalue weighted by Crippen LogP contribution is 2.42. The van der Waals surface area contributed by atoms with Crippen LogP contribution in [0.3, 0.4) is 0 Å². The number of hydrogen-bond donors (Lipinski definition) is 2. The minimum absolute atomic E-state index is 0.242. The molecular weight excluding hydrogens is 414 g/mol. The molecule has 0 bridgehead atoms. The number of rotatable bonds is 6. The Balaban J connectivity index is 1.91. The number of fused-ring (bicyclic) bond motifs is 1. The van der Waals surface area contributed by atoms with Crippen LogP contribution in [0.5, 0.6) is 0 Å². The summed E-state index contributed by atoms with van der Waals surface area (Å²) >= 11 is 0. The van der Waals surface area contributed by atoms with Gasteiger partial charge in [-0.2, -0.15) is 0 Å². The number of benzene rings is 2. The van der Waals surface area contributed by atoms with Crippen molar-refractivity contribution in [2.75, 3.05) is 14.2 Å². The van der Waals surface area contributed by atoms with Crippen LogP contribution in [0.2, 0.25) is 0 Å². The molecule has 2 aromatic rings. The van der Waals surface area contributed by atoms with Crippen LogP contribution in [0.15, 0.2) is 81.5 Å². The first-order valence-electron chi connectivity index (χ1n) is 10.1. The van der Waals surface area contributed by atoms with Crippen LogP contribution in [-0.4, -0.2) is 37.7 Å². The Morgan fingerprint density at radius 3 is 2.09 bits per heavy atom. The number of nitrogens with two attached hydrogens (primary N) is 2.